The Hall–Kier alpha value is -1.51. The fraction of sp³-hybridized carbons (Fsp3) is 0.533. The molecule has 0 aliphatic heterocycles. The number of benzene rings is 1. The highest BCUT2D eigenvalue weighted by atomic mass is 16.3. The summed E-state index contributed by atoms with van der Waals surface area (Å²) in [6.07, 6.45) is 9.12. The van der Waals surface area contributed by atoms with Gasteiger partial charge in [0.05, 0.1) is 0 Å². The molecular formula is C15H20N2O. The first-order chi connectivity index (χ1) is 8.81. The van der Waals surface area contributed by atoms with E-state index in [0.717, 1.165) is 35.0 Å². The Morgan fingerprint density at radius 3 is 2.72 bits per heavy atom. The van der Waals surface area contributed by atoms with Crippen molar-refractivity contribution in [3.8, 4) is 0 Å². The Balaban J connectivity index is 1.77. The van der Waals surface area contributed by atoms with Crippen molar-refractivity contribution in [2.45, 2.75) is 44.9 Å². The lowest BCUT2D eigenvalue weighted by Gasteiger charge is -2.10. The van der Waals surface area contributed by atoms with Gasteiger partial charge in [-0.05, 0) is 30.9 Å². The molecule has 0 unspecified atom stereocenters. The number of anilines is 1. The molecule has 1 aliphatic carbocycles. The van der Waals surface area contributed by atoms with Crippen LogP contribution in [0.1, 0.15) is 44.4 Å². The summed E-state index contributed by atoms with van der Waals surface area (Å²) in [4.78, 5) is 4.56. The van der Waals surface area contributed by atoms with Crippen molar-refractivity contribution in [2.75, 3.05) is 5.73 Å². The molecule has 18 heavy (non-hydrogen) atoms. The number of oxazole rings is 1. The molecule has 0 amide bonds. The summed E-state index contributed by atoms with van der Waals surface area (Å²) < 4.78 is 5.80. The van der Waals surface area contributed by atoms with Crippen molar-refractivity contribution in [1.29, 1.82) is 0 Å². The smallest absolute Gasteiger partial charge is 0.195 e. The minimum Gasteiger partial charge on any atom is -0.441 e. The molecule has 1 aliphatic rings. The molecule has 2 N–H and O–H groups in total. The lowest BCUT2D eigenvalue weighted by molar-refractivity contribution is 0.403. The average Bonchev–Trinajstić information content (AvgIpc) is 2.57. The Labute approximate surface area is 107 Å². The maximum absolute atomic E-state index is 5.80. The number of nitrogen functional groups attached to an aromatic ring is 1. The van der Waals surface area contributed by atoms with E-state index in [0.29, 0.717) is 0 Å². The van der Waals surface area contributed by atoms with Gasteiger partial charge in [0.2, 0.25) is 0 Å². The first-order valence-corrected chi connectivity index (χ1v) is 6.96. The highest BCUT2D eigenvalue weighted by Gasteiger charge is 2.16. The summed E-state index contributed by atoms with van der Waals surface area (Å²) in [5.74, 6) is 1.63. The largest absolute Gasteiger partial charge is 0.441 e. The van der Waals surface area contributed by atoms with Crippen molar-refractivity contribution < 1.29 is 4.42 Å². The number of hydrogen-bond acceptors (Lipinski definition) is 3. The van der Waals surface area contributed by atoms with E-state index in [1.807, 2.05) is 18.2 Å². The summed E-state index contributed by atoms with van der Waals surface area (Å²) in [5, 5.41) is 0. The van der Waals surface area contributed by atoms with E-state index in [-0.39, 0.29) is 0 Å². The van der Waals surface area contributed by atoms with Crippen LogP contribution >= 0.6 is 0 Å². The van der Waals surface area contributed by atoms with E-state index in [9.17, 15) is 0 Å². The van der Waals surface area contributed by atoms with Gasteiger partial charge in [-0.15, -0.1) is 0 Å². The van der Waals surface area contributed by atoms with E-state index >= 15 is 0 Å². The fourth-order valence-corrected chi connectivity index (χ4v) is 2.89. The molecule has 0 spiro atoms. The van der Waals surface area contributed by atoms with Crippen LogP contribution in [0.2, 0.25) is 0 Å². The van der Waals surface area contributed by atoms with E-state index in [1.165, 1.54) is 38.5 Å². The molecule has 96 valence electrons. The topological polar surface area (TPSA) is 52.0 Å². The molecule has 0 bridgehead atoms. The molecule has 1 fully saturated rings. The maximum atomic E-state index is 5.80. The second-order valence-electron chi connectivity index (χ2n) is 5.40. The third-order valence-corrected chi connectivity index (χ3v) is 3.89. The number of nitrogens with zero attached hydrogens (tertiary/aromatic N) is 1. The second-order valence-corrected chi connectivity index (χ2v) is 5.40. The van der Waals surface area contributed by atoms with Crippen LogP contribution in [0, 0.1) is 5.92 Å². The lowest BCUT2D eigenvalue weighted by atomic mass is 9.97. The quantitative estimate of drug-likeness (QED) is 0.643. The number of fused-ring (bicyclic) bond motifs is 1. The lowest BCUT2D eigenvalue weighted by Crippen LogP contribution is -2.03. The zero-order valence-electron chi connectivity index (χ0n) is 10.7. The first kappa shape index (κ1) is 11.6. The Morgan fingerprint density at radius 1 is 1.17 bits per heavy atom. The van der Waals surface area contributed by atoms with E-state index < -0.39 is 0 Å². The summed E-state index contributed by atoms with van der Waals surface area (Å²) in [5.41, 5.74) is 8.23. The SMILES string of the molecule is Nc1ccc2nc(CC3CCCCCC3)oc2c1. The third kappa shape index (κ3) is 2.50. The minimum absolute atomic E-state index is 0.736. The van der Waals surface area contributed by atoms with Gasteiger partial charge in [0, 0.05) is 18.2 Å². The Morgan fingerprint density at radius 2 is 1.94 bits per heavy atom. The van der Waals surface area contributed by atoms with Crippen LogP contribution in [0.25, 0.3) is 11.1 Å². The van der Waals surface area contributed by atoms with Crippen LogP contribution in [0.4, 0.5) is 5.69 Å². The van der Waals surface area contributed by atoms with Gasteiger partial charge in [0.25, 0.3) is 0 Å². The molecule has 1 heterocycles. The molecule has 1 aromatic heterocycles. The summed E-state index contributed by atoms with van der Waals surface area (Å²) in [7, 11) is 0. The van der Waals surface area contributed by atoms with Gasteiger partial charge in [-0.25, -0.2) is 4.98 Å². The summed E-state index contributed by atoms with van der Waals surface area (Å²) in [6.45, 7) is 0. The van der Waals surface area contributed by atoms with Crippen molar-refractivity contribution >= 4 is 16.8 Å². The van der Waals surface area contributed by atoms with Gasteiger partial charge in [0.15, 0.2) is 11.5 Å². The molecule has 2 aromatic rings. The Bertz CT molecular complexity index is 524. The molecule has 0 saturated heterocycles. The first-order valence-electron chi connectivity index (χ1n) is 6.96. The van der Waals surface area contributed by atoms with E-state index in [4.69, 9.17) is 10.2 Å². The van der Waals surface area contributed by atoms with Gasteiger partial charge in [-0.2, -0.15) is 0 Å². The molecule has 1 saturated carbocycles. The van der Waals surface area contributed by atoms with Gasteiger partial charge >= 0.3 is 0 Å². The zero-order chi connectivity index (χ0) is 12.4. The summed E-state index contributed by atoms with van der Waals surface area (Å²) >= 11 is 0. The zero-order valence-corrected chi connectivity index (χ0v) is 10.7. The number of rotatable bonds is 2. The highest BCUT2D eigenvalue weighted by Crippen LogP contribution is 2.27. The van der Waals surface area contributed by atoms with Crippen molar-refractivity contribution in [3.63, 3.8) is 0 Å². The fourth-order valence-electron chi connectivity index (χ4n) is 2.89. The monoisotopic (exact) mass is 244 g/mol. The number of aromatic nitrogens is 1. The van der Waals surface area contributed by atoms with E-state index in [1.54, 1.807) is 0 Å². The molecular weight excluding hydrogens is 224 g/mol. The molecule has 3 nitrogen and oxygen atoms in total. The number of hydrogen-bond donors (Lipinski definition) is 1. The van der Waals surface area contributed by atoms with Crippen LogP contribution in [0.5, 0.6) is 0 Å². The summed E-state index contributed by atoms with van der Waals surface area (Å²) in [6, 6.07) is 5.67. The second kappa shape index (κ2) is 5.01. The highest BCUT2D eigenvalue weighted by molar-refractivity contribution is 5.76. The standard InChI is InChI=1S/C15H20N2O/c16-12-7-8-13-14(10-12)18-15(17-13)9-11-5-3-1-2-4-6-11/h7-8,10-11H,1-6,9,16H2. The third-order valence-electron chi connectivity index (χ3n) is 3.89. The van der Waals surface area contributed by atoms with Gasteiger partial charge in [-0.3, -0.25) is 0 Å². The maximum Gasteiger partial charge on any atom is 0.195 e. The minimum atomic E-state index is 0.736. The van der Waals surface area contributed by atoms with Crippen molar-refractivity contribution in [2.24, 2.45) is 5.92 Å². The molecule has 3 rings (SSSR count). The van der Waals surface area contributed by atoms with Gasteiger partial charge < -0.3 is 10.2 Å². The Kier molecular flexibility index (Phi) is 3.22. The average molecular weight is 244 g/mol. The predicted octanol–water partition coefficient (Wildman–Crippen LogP) is 3.92. The van der Waals surface area contributed by atoms with Crippen LogP contribution < -0.4 is 5.73 Å². The molecule has 0 atom stereocenters. The molecule has 0 radical (unpaired) electrons. The van der Waals surface area contributed by atoms with Crippen LogP contribution in [0.3, 0.4) is 0 Å². The predicted molar refractivity (Wildman–Crippen MR) is 73.3 cm³/mol. The van der Waals surface area contributed by atoms with Gasteiger partial charge in [-0.1, -0.05) is 25.7 Å². The van der Waals surface area contributed by atoms with Crippen LogP contribution in [-0.4, -0.2) is 4.98 Å². The molecule has 1 aromatic carbocycles. The van der Waals surface area contributed by atoms with E-state index in [2.05, 4.69) is 4.98 Å². The number of nitrogens with two attached hydrogens (primary N) is 1. The van der Waals surface area contributed by atoms with Gasteiger partial charge in [0.1, 0.15) is 5.52 Å². The van der Waals surface area contributed by atoms with Crippen LogP contribution in [-0.2, 0) is 6.42 Å². The van der Waals surface area contributed by atoms with Crippen molar-refractivity contribution in [1.82, 2.24) is 4.98 Å². The van der Waals surface area contributed by atoms with Crippen LogP contribution in [0.15, 0.2) is 22.6 Å². The normalized spacial score (nSPS) is 18.0. The van der Waals surface area contributed by atoms with Crippen molar-refractivity contribution in [3.05, 3.63) is 24.1 Å². The molecule has 3 heteroatoms.